The first kappa shape index (κ1) is 13.5. The van der Waals surface area contributed by atoms with Crippen molar-refractivity contribution >= 4 is 28.4 Å². The fraction of sp³-hybridized carbons (Fsp3) is 0.118. The quantitative estimate of drug-likeness (QED) is 0.761. The normalized spacial score (nSPS) is 13.5. The Morgan fingerprint density at radius 3 is 3.13 bits per heavy atom. The summed E-state index contributed by atoms with van der Waals surface area (Å²) in [6.07, 6.45) is 3.65. The molecule has 2 aromatic heterocycles. The van der Waals surface area contributed by atoms with Gasteiger partial charge in [-0.05, 0) is 24.3 Å². The summed E-state index contributed by atoms with van der Waals surface area (Å²) in [7, 11) is 0. The van der Waals surface area contributed by atoms with E-state index < -0.39 is 0 Å². The maximum atomic E-state index is 12.5. The number of pyridine rings is 1. The molecule has 4 rings (SSSR count). The summed E-state index contributed by atoms with van der Waals surface area (Å²) in [4.78, 5) is 28.6. The Morgan fingerprint density at radius 2 is 2.22 bits per heavy atom. The van der Waals surface area contributed by atoms with Crippen LogP contribution in [0.15, 0.2) is 47.2 Å². The van der Waals surface area contributed by atoms with Crippen molar-refractivity contribution in [3.8, 4) is 0 Å². The predicted octanol–water partition coefficient (Wildman–Crippen LogP) is 2.37. The molecule has 2 N–H and O–H groups in total. The van der Waals surface area contributed by atoms with Crippen molar-refractivity contribution in [1.29, 1.82) is 0 Å². The number of carbonyl (C=O) groups excluding carboxylic acids is 2. The molecule has 23 heavy (non-hydrogen) atoms. The third kappa shape index (κ3) is 2.34. The van der Waals surface area contributed by atoms with Gasteiger partial charge in [-0.25, -0.2) is 0 Å². The molecule has 6 heteroatoms. The summed E-state index contributed by atoms with van der Waals surface area (Å²) in [5, 5.41) is 6.45. The monoisotopic (exact) mass is 307 g/mol. The molecule has 0 saturated heterocycles. The number of benzene rings is 1. The van der Waals surface area contributed by atoms with E-state index >= 15 is 0 Å². The van der Waals surface area contributed by atoms with Crippen molar-refractivity contribution in [3.05, 3.63) is 59.7 Å². The number of aromatic nitrogens is 1. The zero-order valence-electron chi connectivity index (χ0n) is 12.1. The Bertz CT molecular complexity index is 930. The maximum Gasteiger partial charge on any atom is 0.259 e. The number of furan rings is 1. The second-order valence-corrected chi connectivity index (χ2v) is 5.32. The molecule has 0 spiro atoms. The third-order valence-electron chi connectivity index (χ3n) is 3.84. The number of anilines is 1. The van der Waals surface area contributed by atoms with Crippen LogP contribution in [0.4, 0.5) is 5.69 Å². The van der Waals surface area contributed by atoms with E-state index in [1.54, 1.807) is 12.3 Å². The molecule has 0 fully saturated rings. The molecule has 0 aliphatic carbocycles. The van der Waals surface area contributed by atoms with Crippen LogP contribution in [-0.2, 0) is 6.42 Å². The Morgan fingerprint density at radius 1 is 1.30 bits per heavy atom. The number of amides is 2. The first-order valence-corrected chi connectivity index (χ1v) is 7.27. The first-order valence-electron chi connectivity index (χ1n) is 7.27. The van der Waals surface area contributed by atoms with Crippen molar-refractivity contribution in [1.82, 2.24) is 10.3 Å². The van der Waals surface area contributed by atoms with Gasteiger partial charge in [0.1, 0.15) is 12.0 Å². The minimum atomic E-state index is -0.365. The van der Waals surface area contributed by atoms with Gasteiger partial charge in [-0.15, -0.1) is 0 Å². The Labute approximate surface area is 131 Å². The van der Waals surface area contributed by atoms with Crippen LogP contribution in [0.3, 0.4) is 0 Å². The molecule has 3 aromatic rings. The van der Waals surface area contributed by atoms with Crippen molar-refractivity contribution < 1.29 is 14.0 Å². The van der Waals surface area contributed by atoms with Crippen molar-refractivity contribution in [2.45, 2.75) is 6.42 Å². The number of nitrogens with zero attached hydrogens (tertiary/aromatic N) is 1. The van der Waals surface area contributed by atoms with Gasteiger partial charge in [-0.3, -0.25) is 14.6 Å². The average Bonchev–Trinajstić information content (AvgIpc) is 3.00. The van der Waals surface area contributed by atoms with E-state index in [0.29, 0.717) is 30.0 Å². The SMILES string of the molecule is O=C(Nc1ccc2ncccc2c1)c1coc2c1C(=O)NCC2. The van der Waals surface area contributed by atoms with Crippen LogP contribution in [0.2, 0.25) is 0 Å². The number of nitrogens with one attached hydrogen (secondary N) is 2. The highest BCUT2D eigenvalue weighted by molar-refractivity contribution is 6.13. The van der Waals surface area contributed by atoms with Gasteiger partial charge >= 0.3 is 0 Å². The topological polar surface area (TPSA) is 84.2 Å². The third-order valence-corrected chi connectivity index (χ3v) is 3.84. The smallest absolute Gasteiger partial charge is 0.259 e. The van der Waals surface area contributed by atoms with Crippen LogP contribution in [0.5, 0.6) is 0 Å². The maximum absolute atomic E-state index is 12.5. The van der Waals surface area contributed by atoms with E-state index in [-0.39, 0.29) is 17.4 Å². The largest absolute Gasteiger partial charge is 0.468 e. The van der Waals surface area contributed by atoms with Crippen LogP contribution in [-0.4, -0.2) is 23.3 Å². The summed E-state index contributed by atoms with van der Waals surface area (Å²) in [6, 6.07) is 9.21. The molecule has 114 valence electrons. The summed E-state index contributed by atoms with van der Waals surface area (Å²) >= 11 is 0. The zero-order valence-corrected chi connectivity index (χ0v) is 12.1. The average molecular weight is 307 g/mol. The van der Waals surface area contributed by atoms with Gasteiger partial charge in [0.2, 0.25) is 0 Å². The fourth-order valence-corrected chi connectivity index (χ4v) is 2.73. The molecule has 1 aliphatic heterocycles. The molecule has 0 atom stereocenters. The molecule has 6 nitrogen and oxygen atoms in total. The number of carbonyl (C=O) groups is 2. The Kier molecular flexibility index (Phi) is 3.08. The fourth-order valence-electron chi connectivity index (χ4n) is 2.73. The molecular weight excluding hydrogens is 294 g/mol. The molecule has 0 saturated carbocycles. The number of hydrogen-bond donors (Lipinski definition) is 2. The van der Waals surface area contributed by atoms with E-state index in [0.717, 1.165) is 10.9 Å². The van der Waals surface area contributed by atoms with Crippen LogP contribution in [0.25, 0.3) is 10.9 Å². The van der Waals surface area contributed by atoms with E-state index in [1.165, 1.54) is 6.26 Å². The van der Waals surface area contributed by atoms with Gasteiger partial charge in [0.15, 0.2) is 0 Å². The van der Waals surface area contributed by atoms with Gasteiger partial charge in [0, 0.05) is 30.2 Å². The molecule has 1 aliphatic rings. The zero-order chi connectivity index (χ0) is 15.8. The molecule has 0 bridgehead atoms. The lowest BCUT2D eigenvalue weighted by atomic mass is 10.0. The molecular formula is C17H13N3O3. The second-order valence-electron chi connectivity index (χ2n) is 5.32. The van der Waals surface area contributed by atoms with Crippen LogP contribution < -0.4 is 10.6 Å². The lowest BCUT2D eigenvalue weighted by molar-refractivity contribution is 0.0932. The van der Waals surface area contributed by atoms with Crippen molar-refractivity contribution in [2.75, 3.05) is 11.9 Å². The highest BCUT2D eigenvalue weighted by atomic mass is 16.3. The van der Waals surface area contributed by atoms with Gasteiger partial charge in [0.05, 0.1) is 16.6 Å². The van der Waals surface area contributed by atoms with Crippen LogP contribution in [0.1, 0.15) is 26.5 Å². The highest BCUT2D eigenvalue weighted by Gasteiger charge is 2.27. The minimum absolute atomic E-state index is 0.253. The van der Waals surface area contributed by atoms with Crippen LogP contribution in [0, 0.1) is 0 Å². The Balaban J connectivity index is 1.65. The Hall–Kier alpha value is -3.15. The number of fused-ring (bicyclic) bond motifs is 2. The van der Waals surface area contributed by atoms with E-state index in [1.807, 2.05) is 24.3 Å². The van der Waals surface area contributed by atoms with Gasteiger partial charge < -0.3 is 15.1 Å². The molecule has 2 amide bonds. The molecule has 1 aromatic carbocycles. The standard InChI is InChI=1S/C17H13N3O3/c21-16(12-9-23-14-5-7-19-17(22)15(12)14)20-11-3-4-13-10(8-11)2-1-6-18-13/h1-4,6,8-9H,5,7H2,(H,19,22)(H,20,21). The minimum Gasteiger partial charge on any atom is -0.468 e. The number of rotatable bonds is 2. The van der Waals surface area contributed by atoms with Gasteiger partial charge in [-0.2, -0.15) is 0 Å². The van der Waals surface area contributed by atoms with E-state index in [2.05, 4.69) is 15.6 Å². The first-order chi connectivity index (χ1) is 11.2. The summed E-state index contributed by atoms with van der Waals surface area (Å²) < 4.78 is 5.35. The lowest BCUT2D eigenvalue weighted by Gasteiger charge is -2.12. The summed E-state index contributed by atoms with van der Waals surface area (Å²) in [5.41, 5.74) is 2.08. The van der Waals surface area contributed by atoms with Crippen LogP contribution >= 0.6 is 0 Å². The molecule has 3 heterocycles. The van der Waals surface area contributed by atoms with E-state index in [9.17, 15) is 9.59 Å². The molecule has 0 radical (unpaired) electrons. The second kappa shape index (κ2) is 5.24. The van der Waals surface area contributed by atoms with Crippen molar-refractivity contribution in [3.63, 3.8) is 0 Å². The lowest BCUT2D eigenvalue weighted by Crippen LogP contribution is -2.32. The van der Waals surface area contributed by atoms with Gasteiger partial charge in [-0.1, -0.05) is 6.07 Å². The summed E-state index contributed by atoms with van der Waals surface area (Å²) in [6.45, 7) is 0.526. The van der Waals surface area contributed by atoms with E-state index in [4.69, 9.17) is 4.42 Å². The molecule has 0 unspecified atom stereocenters. The predicted molar refractivity (Wildman–Crippen MR) is 84.4 cm³/mol. The highest BCUT2D eigenvalue weighted by Crippen LogP contribution is 2.23. The number of hydrogen-bond acceptors (Lipinski definition) is 4. The summed E-state index contributed by atoms with van der Waals surface area (Å²) in [5.74, 6) is -0.0789. The van der Waals surface area contributed by atoms with Crippen molar-refractivity contribution in [2.24, 2.45) is 0 Å². The van der Waals surface area contributed by atoms with Gasteiger partial charge in [0.25, 0.3) is 11.8 Å².